The first-order chi connectivity index (χ1) is 10.0. The molecule has 5 nitrogen and oxygen atoms in total. The summed E-state index contributed by atoms with van der Waals surface area (Å²) < 4.78 is 0. The first-order valence-electron chi connectivity index (χ1n) is 5.91. The predicted molar refractivity (Wildman–Crippen MR) is 80.0 cm³/mol. The van der Waals surface area contributed by atoms with Gasteiger partial charge in [-0.05, 0) is 24.6 Å². The molecule has 1 heterocycles. The molecule has 0 aliphatic carbocycles. The minimum Gasteiger partial charge on any atom is -0.364 e. The van der Waals surface area contributed by atoms with Crippen molar-refractivity contribution in [3.8, 4) is 12.1 Å². The lowest BCUT2D eigenvalue weighted by molar-refractivity contribution is 1.02. The van der Waals surface area contributed by atoms with Crippen LogP contribution in [-0.4, -0.2) is 9.97 Å². The number of halogens is 2. The molecule has 0 bridgehead atoms. The van der Waals surface area contributed by atoms with Crippen LogP contribution >= 0.6 is 23.2 Å². The molecule has 0 aliphatic heterocycles. The number of rotatable bonds is 3. The third-order valence-corrected chi connectivity index (χ3v) is 3.46. The first kappa shape index (κ1) is 15.1. The number of anilines is 1. The van der Waals surface area contributed by atoms with Crippen molar-refractivity contribution < 1.29 is 0 Å². The lowest BCUT2D eigenvalue weighted by Crippen LogP contribution is -2.07. The number of nitrogens with one attached hydrogen (secondary N) is 1. The molecule has 0 saturated heterocycles. The van der Waals surface area contributed by atoms with Crippen molar-refractivity contribution in [3.63, 3.8) is 0 Å². The fourth-order valence-electron chi connectivity index (χ4n) is 1.68. The number of nitriles is 2. The van der Waals surface area contributed by atoms with Crippen molar-refractivity contribution >= 4 is 29.0 Å². The number of aryl methyl sites for hydroxylation is 1. The van der Waals surface area contributed by atoms with Gasteiger partial charge in [-0.2, -0.15) is 10.5 Å². The van der Waals surface area contributed by atoms with Gasteiger partial charge in [-0.15, -0.1) is 0 Å². The Bertz CT molecular complexity index is 774. The smallest absolute Gasteiger partial charge is 0.179 e. The standard InChI is InChI=1S/C14H9Cl2N5/c1-8-14(21-13(6-18)12(5-17)20-8)19-7-9-2-3-10(15)11(16)4-9/h2-4H,7H2,1H3,(H,19,21). The van der Waals surface area contributed by atoms with Crippen LogP contribution in [0.1, 0.15) is 22.6 Å². The zero-order valence-corrected chi connectivity index (χ0v) is 12.5. The van der Waals surface area contributed by atoms with Gasteiger partial charge in [-0.1, -0.05) is 29.3 Å². The zero-order chi connectivity index (χ0) is 15.4. The van der Waals surface area contributed by atoms with Crippen molar-refractivity contribution in [2.75, 3.05) is 5.32 Å². The maximum atomic E-state index is 8.95. The Morgan fingerprint density at radius 3 is 2.38 bits per heavy atom. The van der Waals surface area contributed by atoms with Gasteiger partial charge in [0.25, 0.3) is 0 Å². The van der Waals surface area contributed by atoms with Gasteiger partial charge in [0.05, 0.1) is 15.7 Å². The molecule has 0 amide bonds. The third kappa shape index (κ3) is 3.41. The van der Waals surface area contributed by atoms with E-state index >= 15 is 0 Å². The molecule has 21 heavy (non-hydrogen) atoms. The highest BCUT2D eigenvalue weighted by Crippen LogP contribution is 2.23. The van der Waals surface area contributed by atoms with Crippen molar-refractivity contribution in [2.24, 2.45) is 0 Å². The largest absolute Gasteiger partial charge is 0.364 e. The summed E-state index contributed by atoms with van der Waals surface area (Å²) in [6.45, 7) is 2.16. The van der Waals surface area contributed by atoms with E-state index in [1.807, 2.05) is 18.2 Å². The Morgan fingerprint density at radius 2 is 1.76 bits per heavy atom. The summed E-state index contributed by atoms with van der Waals surface area (Å²) in [6, 6.07) is 8.98. The van der Waals surface area contributed by atoms with Crippen LogP contribution in [0.4, 0.5) is 5.82 Å². The van der Waals surface area contributed by atoms with E-state index in [9.17, 15) is 0 Å². The number of aromatic nitrogens is 2. The van der Waals surface area contributed by atoms with Gasteiger partial charge in [0, 0.05) is 6.54 Å². The van der Waals surface area contributed by atoms with Gasteiger partial charge >= 0.3 is 0 Å². The fraction of sp³-hybridized carbons (Fsp3) is 0.143. The molecule has 1 aromatic heterocycles. The molecule has 0 unspecified atom stereocenters. The van der Waals surface area contributed by atoms with Crippen LogP contribution in [0.15, 0.2) is 18.2 Å². The normalized spacial score (nSPS) is 9.76. The number of hydrogen-bond donors (Lipinski definition) is 1. The molecular formula is C14H9Cl2N5. The van der Waals surface area contributed by atoms with E-state index in [1.165, 1.54) is 0 Å². The summed E-state index contributed by atoms with van der Waals surface area (Å²) in [4.78, 5) is 8.15. The lowest BCUT2D eigenvalue weighted by Gasteiger charge is -2.09. The molecule has 0 saturated carbocycles. The highest BCUT2D eigenvalue weighted by atomic mass is 35.5. The van der Waals surface area contributed by atoms with E-state index in [2.05, 4.69) is 15.3 Å². The molecule has 1 N–H and O–H groups in total. The van der Waals surface area contributed by atoms with Crippen molar-refractivity contribution in [3.05, 3.63) is 50.9 Å². The van der Waals surface area contributed by atoms with E-state index in [4.69, 9.17) is 33.7 Å². The van der Waals surface area contributed by atoms with Gasteiger partial charge in [0.15, 0.2) is 11.4 Å². The maximum Gasteiger partial charge on any atom is 0.179 e. The van der Waals surface area contributed by atoms with E-state index in [0.29, 0.717) is 28.1 Å². The molecule has 104 valence electrons. The minimum absolute atomic E-state index is 0.000242. The molecule has 0 fully saturated rings. The monoisotopic (exact) mass is 317 g/mol. The Balaban J connectivity index is 2.22. The third-order valence-electron chi connectivity index (χ3n) is 2.73. The predicted octanol–water partition coefficient (Wildman–Crippen LogP) is 3.45. The van der Waals surface area contributed by atoms with E-state index in [-0.39, 0.29) is 11.4 Å². The fourth-order valence-corrected chi connectivity index (χ4v) is 2.00. The van der Waals surface area contributed by atoms with Crippen LogP contribution in [0.3, 0.4) is 0 Å². The molecule has 0 radical (unpaired) electrons. The first-order valence-corrected chi connectivity index (χ1v) is 6.67. The second-order valence-electron chi connectivity index (χ2n) is 4.18. The summed E-state index contributed by atoms with van der Waals surface area (Å²) in [7, 11) is 0. The summed E-state index contributed by atoms with van der Waals surface area (Å²) in [5.41, 5.74) is 1.48. The molecule has 7 heteroatoms. The van der Waals surface area contributed by atoms with Gasteiger partial charge in [0.1, 0.15) is 18.0 Å². The van der Waals surface area contributed by atoms with Crippen molar-refractivity contribution in [2.45, 2.75) is 13.5 Å². The topological polar surface area (TPSA) is 85.4 Å². The maximum absolute atomic E-state index is 8.95. The Hall–Kier alpha value is -2.34. The summed E-state index contributed by atoms with van der Waals surface area (Å²) in [5.74, 6) is 0.455. The summed E-state index contributed by atoms with van der Waals surface area (Å²) in [5, 5.41) is 21.9. The van der Waals surface area contributed by atoms with Crippen LogP contribution in [0.25, 0.3) is 0 Å². The lowest BCUT2D eigenvalue weighted by atomic mass is 10.2. The average molecular weight is 318 g/mol. The highest BCUT2D eigenvalue weighted by molar-refractivity contribution is 6.42. The van der Waals surface area contributed by atoms with Crippen molar-refractivity contribution in [1.82, 2.24) is 9.97 Å². The SMILES string of the molecule is Cc1nc(C#N)c(C#N)nc1NCc1ccc(Cl)c(Cl)c1. The molecule has 0 aliphatic rings. The average Bonchev–Trinajstić information content (AvgIpc) is 2.49. The van der Waals surface area contributed by atoms with Crippen molar-refractivity contribution in [1.29, 1.82) is 10.5 Å². The summed E-state index contributed by atoms with van der Waals surface area (Å²) in [6.07, 6.45) is 0. The Morgan fingerprint density at radius 1 is 1.10 bits per heavy atom. The van der Waals surface area contributed by atoms with E-state index in [0.717, 1.165) is 5.56 Å². The second kappa shape index (κ2) is 6.41. The zero-order valence-electron chi connectivity index (χ0n) is 11.0. The Kier molecular flexibility index (Phi) is 4.59. The Labute approximate surface area is 131 Å². The molecular weight excluding hydrogens is 309 g/mol. The molecule has 2 rings (SSSR count). The van der Waals surface area contributed by atoms with Crippen LogP contribution in [0, 0.1) is 29.6 Å². The van der Waals surface area contributed by atoms with Gasteiger partial charge in [-0.3, -0.25) is 0 Å². The quantitative estimate of drug-likeness (QED) is 0.937. The van der Waals surface area contributed by atoms with Gasteiger partial charge in [0.2, 0.25) is 0 Å². The molecule has 0 spiro atoms. The number of nitrogens with zero attached hydrogens (tertiary/aromatic N) is 4. The molecule has 0 atom stereocenters. The minimum atomic E-state index is -0.000242. The van der Waals surface area contributed by atoms with Crippen LogP contribution < -0.4 is 5.32 Å². The van der Waals surface area contributed by atoms with E-state index in [1.54, 1.807) is 19.1 Å². The summed E-state index contributed by atoms with van der Waals surface area (Å²) >= 11 is 11.8. The van der Waals surface area contributed by atoms with Crippen LogP contribution in [-0.2, 0) is 6.54 Å². The second-order valence-corrected chi connectivity index (χ2v) is 4.99. The van der Waals surface area contributed by atoms with Gasteiger partial charge in [-0.25, -0.2) is 9.97 Å². The highest BCUT2D eigenvalue weighted by Gasteiger charge is 2.10. The van der Waals surface area contributed by atoms with Crippen LogP contribution in [0.2, 0.25) is 10.0 Å². The number of hydrogen-bond acceptors (Lipinski definition) is 5. The molecule has 1 aromatic carbocycles. The van der Waals surface area contributed by atoms with Gasteiger partial charge < -0.3 is 5.32 Å². The molecule has 2 aromatic rings. The van der Waals surface area contributed by atoms with E-state index < -0.39 is 0 Å². The number of benzene rings is 1. The van der Waals surface area contributed by atoms with Crippen LogP contribution in [0.5, 0.6) is 0 Å².